The van der Waals surface area contributed by atoms with Crippen LogP contribution in [0.3, 0.4) is 0 Å². The molecular weight excluding hydrogens is 298 g/mol. The normalized spacial score (nSPS) is 11.2. The predicted octanol–water partition coefficient (Wildman–Crippen LogP) is 4.82. The Bertz CT molecular complexity index is 844. The van der Waals surface area contributed by atoms with Crippen molar-refractivity contribution in [3.63, 3.8) is 0 Å². The van der Waals surface area contributed by atoms with Crippen molar-refractivity contribution in [3.8, 4) is 0 Å². The molecule has 0 radical (unpaired) electrons. The molecule has 0 saturated carbocycles. The number of ether oxygens (including phenoxy) is 1. The Balaban J connectivity index is 1.78. The summed E-state index contributed by atoms with van der Waals surface area (Å²) in [6, 6.07) is 16.4. The van der Waals surface area contributed by atoms with Crippen molar-refractivity contribution in [2.45, 2.75) is 39.8 Å². The van der Waals surface area contributed by atoms with Crippen LogP contribution in [0, 0.1) is 0 Å². The number of benzene rings is 2. The molecule has 3 aromatic rings. The van der Waals surface area contributed by atoms with Gasteiger partial charge in [-0.3, -0.25) is 0 Å². The number of rotatable bonds is 5. The molecule has 124 valence electrons. The first-order valence-corrected chi connectivity index (χ1v) is 8.44. The van der Waals surface area contributed by atoms with Crippen molar-refractivity contribution in [1.82, 2.24) is 4.57 Å². The maximum absolute atomic E-state index is 11.9. The zero-order chi connectivity index (χ0) is 17.1. The van der Waals surface area contributed by atoms with Crippen LogP contribution in [0.5, 0.6) is 0 Å². The number of aromatic nitrogens is 1. The lowest BCUT2D eigenvalue weighted by Crippen LogP contribution is -2.11. The Morgan fingerprint density at radius 3 is 2.42 bits per heavy atom. The molecule has 24 heavy (non-hydrogen) atoms. The summed E-state index contributed by atoms with van der Waals surface area (Å²) in [6.07, 6.45) is 3.07. The topological polar surface area (TPSA) is 31.2 Å². The van der Waals surface area contributed by atoms with Gasteiger partial charge < -0.3 is 9.30 Å². The zero-order valence-electron chi connectivity index (χ0n) is 14.5. The second kappa shape index (κ2) is 6.91. The summed E-state index contributed by atoms with van der Waals surface area (Å²) in [5, 5.41) is 1.27. The van der Waals surface area contributed by atoms with E-state index >= 15 is 0 Å². The number of nitrogens with zero attached hydrogens (tertiary/aromatic N) is 1. The van der Waals surface area contributed by atoms with E-state index in [1.54, 1.807) is 0 Å². The molecule has 0 unspecified atom stereocenters. The highest BCUT2D eigenvalue weighted by Gasteiger charge is 2.09. The summed E-state index contributed by atoms with van der Waals surface area (Å²) < 4.78 is 7.45. The molecule has 0 atom stereocenters. The van der Waals surface area contributed by atoms with Gasteiger partial charge in [-0.05, 0) is 67.1 Å². The van der Waals surface area contributed by atoms with Gasteiger partial charge in [0, 0.05) is 18.3 Å². The van der Waals surface area contributed by atoms with Crippen molar-refractivity contribution in [3.05, 3.63) is 71.4 Å². The third-order valence-electron chi connectivity index (χ3n) is 4.13. The zero-order valence-corrected chi connectivity index (χ0v) is 14.5. The Morgan fingerprint density at radius 1 is 1.04 bits per heavy atom. The standard InChI is InChI=1S/C21H23NO2/c1-4-16-7-10-20-19(13-16)11-12-22(20)14-17-5-8-18(9-6-17)21(23)24-15(2)3/h5-13,15H,4,14H2,1-3H3. The molecule has 0 aliphatic carbocycles. The number of carbonyl (C=O) groups excluding carboxylic acids is 1. The van der Waals surface area contributed by atoms with Gasteiger partial charge in [0.05, 0.1) is 11.7 Å². The molecule has 3 nitrogen and oxygen atoms in total. The summed E-state index contributed by atoms with van der Waals surface area (Å²) in [5.74, 6) is -0.268. The molecule has 0 saturated heterocycles. The molecule has 0 aliphatic heterocycles. The number of hydrogen-bond donors (Lipinski definition) is 0. The quantitative estimate of drug-likeness (QED) is 0.631. The van der Waals surface area contributed by atoms with Gasteiger partial charge in [-0.25, -0.2) is 4.79 Å². The smallest absolute Gasteiger partial charge is 0.338 e. The number of carbonyl (C=O) groups is 1. The lowest BCUT2D eigenvalue weighted by Gasteiger charge is -2.09. The fourth-order valence-electron chi connectivity index (χ4n) is 2.83. The first kappa shape index (κ1) is 16.3. The van der Waals surface area contributed by atoms with E-state index in [-0.39, 0.29) is 12.1 Å². The minimum atomic E-state index is -0.268. The van der Waals surface area contributed by atoms with E-state index in [4.69, 9.17) is 4.74 Å². The van der Waals surface area contributed by atoms with Gasteiger partial charge in [0.25, 0.3) is 0 Å². The predicted molar refractivity (Wildman–Crippen MR) is 97.4 cm³/mol. The van der Waals surface area contributed by atoms with E-state index in [0.717, 1.165) is 18.5 Å². The summed E-state index contributed by atoms with van der Waals surface area (Å²) in [7, 11) is 0. The van der Waals surface area contributed by atoms with Gasteiger partial charge >= 0.3 is 5.97 Å². The van der Waals surface area contributed by atoms with E-state index in [0.29, 0.717) is 5.56 Å². The Hall–Kier alpha value is -2.55. The third-order valence-corrected chi connectivity index (χ3v) is 4.13. The Morgan fingerprint density at radius 2 is 1.75 bits per heavy atom. The van der Waals surface area contributed by atoms with E-state index < -0.39 is 0 Å². The van der Waals surface area contributed by atoms with Gasteiger partial charge in [0.1, 0.15) is 0 Å². The van der Waals surface area contributed by atoms with Crippen LogP contribution >= 0.6 is 0 Å². The van der Waals surface area contributed by atoms with Gasteiger partial charge in [0.2, 0.25) is 0 Å². The number of aryl methyl sites for hydroxylation is 1. The van der Waals surface area contributed by atoms with Crippen LogP contribution in [0.1, 0.15) is 42.3 Å². The monoisotopic (exact) mass is 321 g/mol. The van der Waals surface area contributed by atoms with Crippen LogP contribution in [0.15, 0.2) is 54.7 Å². The SMILES string of the molecule is CCc1ccc2c(ccn2Cc2ccc(C(=O)OC(C)C)cc2)c1. The van der Waals surface area contributed by atoms with Crippen LogP contribution in [-0.4, -0.2) is 16.6 Å². The summed E-state index contributed by atoms with van der Waals surface area (Å²) in [4.78, 5) is 11.9. The van der Waals surface area contributed by atoms with E-state index in [9.17, 15) is 4.79 Å². The Labute approximate surface area is 142 Å². The highest BCUT2D eigenvalue weighted by atomic mass is 16.5. The fraction of sp³-hybridized carbons (Fsp3) is 0.286. The lowest BCUT2D eigenvalue weighted by atomic mass is 10.1. The largest absolute Gasteiger partial charge is 0.459 e. The number of hydrogen-bond acceptors (Lipinski definition) is 2. The van der Waals surface area contributed by atoms with Crippen molar-refractivity contribution in [2.75, 3.05) is 0 Å². The molecular formula is C21H23NO2. The molecule has 0 fully saturated rings. The first-order valence-electron chi connectivity index (χ1n) is 8.44. The van der Waals surface area contributed by atoms with Crippen LogP contribution in [0.2, 0.25) is 0 Å². The van der Waals surface area contributed by atoms with Crippen LogP contribution in [0.25, 0.3) is 10.9 Å². The average molecular weight is 321 g/mol. The fourth-order valence-corrected chi connectivity index (χ4v) is 2.83. The minimum absolute atomic E-state index is 0.101. The summed E-state index contributed by atoms with van der Waals surface area (Å²) in [5.41, 5.74) is 4.34. The highest BCUT2D eigenvalue weighted by molar-refractivity contribution is 5.89. The minimum Gasteiger partial charge on any atom is -0.459 e. The van der Waals surface area contributed by atoms with Gasteiger partial charge in [0.15, 0.2) is 0 Å². The van der Waals surface area contributed by atoms with Crippen molar-refractivity contribution in [1.29, 1.82) is 0 Å². The third kappa shape index (κ3) is 3.51. The van der Waals surface area contributed by atoms with E-state index in [1.165, 1.54) is 16.5 Å². The number of esters is 1. The second-order valence-corrected chi connectivity index (χ2v) is 6.34. The van der Waals surface area contributed by atoms with Gasteiger partial charge in [-0.2, -0.15) is 0 Å². The van der Waals surface area contributed by atoms with E-state index in [1.807, 2.05) is 38.1 Å². The maximum atomic E-state index is 11.9. The molecule has 3 heteroatoms. The van der Waals surface area contributed by atoms with Crippen molar-refractivity contribution >= 4 is 16.9 Å². The molecule has 2 aromatic carbocycles. The molecule has 0 aliphatic rings. The molecule has 0 bridgehead atoms. The molecule has 3 rings (SSSR count). The summed E-state index contributed by atoms with van der Waals surface area (Å²) >= 11 is 0. The maximum Gasteiger partial charge on any atom is 0.338 e. The van der Waals surface area contributed by atoms with Gasteiger partial charge in [-0.15, -0.1) is 0 Å². The van der Waals surface area contributed by atoms with Gasteiger partial charge in [-0.1, -0.05) is 25.1 Å². The van der Waals surface area contributed by atoms with E-state index in [2.05, 4.69) is 42.0 Å². The second-order valence-electron chi connectivity index (χ2n) is 6.34. The van der Waals surface area contributed by atoms with Crippen LogP contribution in [0.4, 0.5) is 0 Å². The number of fused-ring (bicyclic) bond motifs is 1. The molecule has 0 amide bonds. The molecule has 1 aromatic heterocycles. The first-order chi connectivity index (χ1) is 11.6. The molecule has 0 N–H and O–H groups in total. The van der Waals surface area contributed by atoms with Crippen LogP contribution in [-0.2, 0) is 17.7 Å². The Kier molecular flexibility index (Phi) is 4.70. The lowest BCUT2D eigenvalue weighted by molar-refractivity contribution is 0.0378. The van der Waals surface area contributed by atoms with Crippen molar-refractivity contribution in [2.24, 2.45) is 0 Å². The molecule has 1 heterocycles. The summed E-state index contributed by atoms with van der Waals surface area (Å²) in [6.45, 7) is 6.67. The highest BCUT2D eigenvalue weighted by Crippen LogP contribution is 2.19. The van der Waals surface area contributed by atoms with Crippen molar-refractivity contribution < 1.29 is 9.53 Å². The van der Waals surface area contributed by atoms with Crippen LogP contribution < -0.4 is 0 Å². The average Bonchev–Trinajstić information content (AvgIpc) is 2.97. The molecule has 0 spiro atoms.